The maximum atomic E-state index is 15.3. The summed E-state index contributed by atoms with van der Waals surface area (Å²) in [5.74, 6) is -0.0393. The van der Waals surface area contributed by atoms with Crippen molar-refractivity contribution in [1.29, 1.82) is 0 Å². The Kier molecular flexibility index (Phi) is 7.61. The van der Waals surface area contributed by atoms with Crippen LogP contribution in [0.3, 0.4) is 0 Å². The Morgan fingerprint density at radius 3 is 1.26 bits per heavy atom. The molecular formula is C42H38N4O7+2. The Bertz CT molecular complexity index is 2070. The number of amides is 4. The first-order valence-electron chi connectivity index (χ1n) is 18.1. The second kappa shape index (κ2) is 12.3. The van der Waals surface area contributed by atoms with E-state index in [0.29, 0.717) is 73.1 Å². The fourth-order valence-electron chi connectivity index (χ4n) is 9.21. The largest absolute Gasteiger partial charge is 0.465 e. The molecule has 3 aromatic rings. The van der Waals surface area contributed by atoms with E-state index in [-0.39, 0.29) is 24.9 Å². The molecule has 53 heavy (non-hydrogen) atoms. The van der Waals surface area contributed by atoms with Crippen LogP contribution in [0.1, 0.15) is 47.9 Å². The van der Waals surface area contributed by atoms with Gasteiger partial charge in [0.15, 0.2) is 34.9 Å². The maximum Gasteiger partial charge on any atom is 0.408 e. The normalized spacial score (nSPS) is 22.6. The second-order valence-electron chi connectivity index (χ2n) is 14.3. The van der Waals surface area contributed by atoms with Crippen LogP contribution < -0.4 is 8.97 Å². The van der Waals surface area contributed by atoms with E-state index in [9.17, 15) is 19.8 Å². The summed E-state index contributed by atoms with van der Waals surface area (Å²) in [6.07, 6.45) is 15.3. The van der Waals surface area contributed by atoms with Crippen molar-refractivity contribution >= 4 is 35.8 Å². The molecular weight excluding hydrogens is 672 g/mol. The molecule has 7 heterocycles. The first-order chi connectivity index (χ1) is 25.8. The first-order valence-corrected chi connectivity index (χ1v) is 18.1. The molecule has 266 valence electrons. The van der Waals surface area contributed by atoms with E-state index in [1.807, 2.05) is 109 Å². The summed E-state index contributed by atoms with van der Waals surface area (Å²) in [7, 11) is 0. The number of benzene rings is 2. The molecule has 4 bridgehead atoms. The molecule has 0 spiro atoms. The van der Waals surface area contributed by atoms with E-state index >= 15 is 9.59 Å². The molecule has 2 N–H and O–H groups in total. The number of rotatable bonds is 8. The SMILES string of the molecule is O=C(O)N1CCC[C@H]1C(=O)[N+]1(c2oc([N+]3(C(=O)[C@@H]4CCCN4C(=O)O)C4=CC=C3C=C4)c(Cc3ccccc3)c2Cc2ccccc2)C2=CC=C1C=C2. The third kappa shape index (κ3) is 4.67. The molecule has 9 rings (SSSR count). The molecule has 2 fully saturated rings. The zero-order valence-corrected chi connectivity index (χ0v) is 28.9. The number of nitrogens with zero attached hydrogens (tertiary/aromatic N) is 4. The number of carboxylic acid groups (broad SMARTS) is 2. The van der Waals surface area contributed by atoms with Crippen molar-refractivity contribution in [2.75, 3.05) is 13.1 Å². The van der Waals surface area contributed by atoms with Crippen molar-refractivity contribution < 1.29 is 33.8 Å². The Balaban J connectivity index is 1.34. The van der Waals surface area contributed by atoms with Crippen molar-refractivity contribution in [3.8, 4) is 0 Å². The van der Waals surface area contributed by atoms with E-state index in [4.69, 9.17) is 4.42 Å². The molecule has 1 aromatic heterocycles. The molecule has 0 radical (unpaired) electrons. The second-order valence-corrected chi connectivity index (χ2v) is 14.3. The molecule has 6 aliphatic heterocycles. The smallest absolute Gasteiger partial charge is 0.408 e. The Morgan fingerprint density at radius 2 is 0.943 bits per heavy atom. The highest BCUT2D eigenvalue weighted by Crippen LogP contribution is 2.56. The molecule has 11 heteroatoms. The summed E-state index contributed by atoms with van der Waals surface area (Å²) in [6, 6.07) is 17.9. The van der Waals surface area contributed by atoms with Gasteiger partial charge in [-0.25, -0.2) is 19.2 Å². The summed E-state index contributed by atoms with van der Waals surface area (Å²) < 4.78 is 6.42. The van der Waals surface area contributed by atoms with Gasteiger partial charge in [-0.15, -0.1) is 8.97 Å². The van der Waals surface area contributed by atoms with E-state index in [2.05, 4.69) is 0 Å². The van der Waals surface area contributed by atoms with E-state index in [1.165, 1.54) is 9.80 Å². The van der Waals surface area contributed by atoms with Crippen LogP contribution in [0.15, 0.2) is 136 Å². The summed E-state index contributed by atoms with van der Waals surface area (Å²) in [4.78, 5) is 58.1. The topological polar surface area (TPSA) is 128 Å². The number of hydrogen-bond acceptors (Lipinski definition) is 5. The highest BCUT2D eigenvalue weighted by Gasteiger charge is 2.64. The Labute approximate surface area is 305 Å². The van der Waals surface area contributed by atoms with E-state index in [0.717, 1.165) is 22.3 Å². The highest BCUT2D eigenvalue weighted by atomic mass is 16.4. The first kappa shape index (κ1) is 32.8. The van der Waals surface area contributed by atoms with Crippen molar-refractivity contribution in [2.45, 2.75) is 50.6 Å². The molecule has 11 nitrogen and oxygen atoms in total. The fourth-order valence-corrected chi connectivity index (χ4v) is 9.21. The summed E-state index contributed by atoms with van der Waals surface area (Å²) in [5, 5.41) is 20.4. The highest BCUT2D eigenvalue weighted by molar-refractivity contribution is 6.05. The lowest BCUT2D eigenvalue weighted by molar-refractivity contribution is -0.131. The van der Waals surface area contributed by atoms with Crippen LogP contribution in [0, 0.1) is 0 Å². The minimum atomic E-state index is -1.15. The van der Waals surface area contributed by atoms with Crippen molar-refractivity contribution in [3.63, 3.8) is 0 Å². The van der Waals surface area contributed by atoms with E-state index in [1.54, 1.807) is 0 Å². The molecule has 2 atom stereocenters. The van der Waals surface area contributed by atoms with Gasteiger partial charge < -0.3 is 14.6 Å². The summed E-state index contributed by atoms with van der Waals surface area (Å²) in [5.41, 5.74) is 5.91. The Hall–Kier alpha value is -6.04. The average molecular weight is 711 g/mol. The van der Waals surface area contributed by atoms with Crippen LogP contribution in [0.4, 0.5) is 21.4 Å². The van der Waals surface area contributed by atoms with Gasteiger partial charge in [-0.3, -0.25) is 9.80 Å². The van der Waals surface area contributed by atoms with Crippen LogP contribution in [0.2, 0.25) is 0 Å². The molecule has 2 saturated heterocycles. The average Bonchev–Trinajstić information content (AvgIpc) is 4.05. The van der Waals surface area contributed by atoms with Crippen molar-refractivity contribution in [3.05, 3.63) is 154 Å². The number of fused-ring (bicyclic) bond motifs is 4. The van der Waals surface area contributed by atoms with Gasteiger partial charge in [0.2, 0.25) is 0 Å². The molecule has 2 aromatic carbocycles. The van der Waals surface area contributed by atoms with Crippen LogP contribution in [-0.2, 0) is 22.4 Å². The van der Waals surface area contributed by atoms with Crippen LogP contribution in [0.25, 0.3) is 0 Å². The third-order valence-corrected chi connectivity index (χ3v) is 11.6. The number of carbonyl (C=O) groups is 4. The molecule has 6 aliphatic rings. The van der Waals surface area contributed by atoms with Crippen LogP contribution in [-0.4, -0.2) is 69.2 Å². The van der Waals surface area contributed by atoms with Crippen LogP contribution in [0.5, 0.6) is 0 Å². The minimum Gasteiger partial charge on any atom is -0.465 e. The van der Waals surface area contributed by atoms with Crippen molar-refractivity contribution in [2.24, 2.45) is 0 Å². The van der Waals surface area contributed by atoms with Gasteiger partial charge in [-0.1, -0.05) is 60.7 Å². The van der Waals surface area contributed by atoms with Gasteiger partial charge in [0.1, 0.15) is 0 Å². The predicted molar refractivity (Wildman–Crippen MR) is 197 cm³/mol. The Morgan fingerprint density at radius 1 is 0.585 bits per heavy atom. The van der Waals surface area contributed by atoms with Gasteiger partial charge in [-0.2, -0.15) is 0 Å². The predicted octanol–water partition coefficient (Wildman–Crippen LogP) is 7.12. The van der Waals surface area contributed by atoms with Gasteiger partial charge in [0, 0.05) is 74.5 Å². The summed E-state index contributed by atoms with van der Waals surface area (Å²) in [6.45, 7) is 0.501. The fraction of sp³-hybridized carbons (Fsp3) is 0.238. The van der Waals surface area contributed by atoms with E-state index < -0.39 is 33.2 Å². The summed E-state index contributed by atoms with van der Waals surface area (Å²) >= 11 is 0. The molecule has 4 amide bonds. The maximum absolute atomic E-state index is 15.3. The van der Waals surface area contributed by atoms with Gasteiger partial charge in [-0.05, 0) is 36.8 Å². The third-order valence-electron chi connectivity index (χ3n) is 11.6. The minimum absolute atomic E-state index is 0.251. The lowest BCUT2D eigenvalue weighted by atomic mass is 9.95. The lowest BCUT2D eigenvalue weighted by Gasteiger charge is -2.33. The molecule has 0 aliphatic carbocycles. The molecule has 0 unspecified atom stereocenters. The van der Waals surface area contributed by atoms with Crippen LogP contribution >= 0.6 is 0 Å². The quantitative estimate of drug-likeness (QED) is 0.239. The standard InChI is InChI=1S/C42H36N4O7/c47-37(35-13-7-23-43(35)41(49)50)45(29-15-16-30(45)18-17-29)39-33(25-27-9-3-1-4-10-27)34(26-28-11-5-2-6-12-28)40(53-39)46(31-19-20-32(46)22-21-31)38(48)36-14-8-24-44(36)42(51)52/h1-6,9-12,15-22,35-36H,7-8,13-14,23-26H2/p+2/t35-,36-/m0/s1. The van der Waals surface area contributed by atoms with Gasteiger partial charge in [0.25, 0.3) is 0 Å². The number of allylic oxidation sites excluding steroid dienone is 8. The number of quaternary nitrogens is 2. The van der Waals surface area contributed by atoms with Gasteiger partial charge in [0.05, 0.1) is 11.1 Å². The number of furan rings is 1. The zero-order valence-electron chi connectivity index (χ0n) is 28.9. The monoisotopic (exact) mass is 710 g/mol. The zero-order chi connectivity index (χ0) is 36.5. The molecule has 0 saturated carbocycles. The number of hydrogen-bond donors (Lipinski definition) is 2. The number of likely N-dealkylation sites (tertiary alicyclic amines) is 2. The van der Waals surface area contributed by atoms with Gasteiger partial charge >= 0.3 is 35.8 Å². The lowest BCUT2D eigenvalue weighted by Crippen LogP contribution is -2.57. The number of carbonyl (C=O) groups excluding carboxylic acids is 2. The van der Waals surface area contributed by atoms with Crippen molar-refractivity contribution in [1.82, 2.24) is 18.8 Å².